The number of carboxylic acids is 1. The van der Waals surface area contributed by atoms with Gasteiger partial charge in [-0.05, 0) is 24.2 Å². The molecule has 1 aliphatic rings. The molecule has 2 atom stereocenters. The summed E-state index contributed by atoms with van der Waals surface area (Å²) < 4.78 is 0. The Morgan fingerprint density at radius 2 is 2.07 bits per heavy atom. The lowest BCUT2D eigenvalue weighted by molar-refractivity contribution is -0.139. The molecule has 2 heteroatoms. The quantitative estimate of drug-likeness (QED) is 0.686. The Bertz CT molecular complexity index is 241. The highest BCUT2D eigenvalue weighted by Gasteiger charge is 2.60. The maximum Gasteiger partial charge on any atom is 0.307 e. The molecule has 2 nitrogen and oxygen atoms in total. The van der Waals surface area contributed by atoms with Crippen LogP contribution < -0.4 is 0 Å². The van der Waals surface area contributed by atoms with Crippen molar-refractivity contribution in [1.82, 2.24) is 0 Å². The maximum absolute atomic E-state index is 10.9. The van der Waals surface area contributed by atoms with Gasteiger partial charge in [-0.15, -0.1) is 0 Å². The van der Waals surface area contributed by atoms with Gasteiger partial charge in [0.2, 0.25) is 0 Å². The van der Waals surface area contributed by atoms with E-state index in [0.29, 0.717) is 5.92 Å². The molecule has 1 saturated carbocycles. The van der Waals surface area contributed by atoms with E-state index in [1.54, 1.807) is 0 Å². The normalized spacial score (nSPS) is 29.4. The summed E-state index contributed by atoms with van der Waals surface area (Å²) in [5, 5.41) is 8.94. The molecular formula is C12H20O2. The molecule has 1 N–H and O–H groups in total. The molecule has 0 aliphatic heterocycles. The summed E-state index contributed by atoms with van der Waals surface area (Å²) in [5.41, 5.74) is 0.00237. The highest BCUT2D eigenvalue weighted by atomic mass is 16.4. The van der Waals surface area contributed by atoms with Crippen molar-refractivity contribution in [1.29, 1.82) is 0 Å². The van der Waals surface area contributed by atoms with E-state index in [4.69, 9.17) is 5.11 Å². The molecule has 0 heterocycles. The second-order valence-electron chi connectivity index (χ2n) is 4.74. The van der Waals surface area contributed by atoms with Crippen molar-refractivity contribution in [3.8, 4) is 0 Å². The van der Waals surface area contributed by atoms with E-state index in [0.717, 1.165) is 19.3 Å². The van der Waals surface area contributed by atoms with Crippen molar-refractivity contribution in [2.24, 2.45) is 17.3 Å². The lowest BCUT2D eigenvalue weighted by atomic mass is 10.1. The van der Waals surface area contributed by atoms with Crippen molar-refractivity contribution in [3.63, 3.8) is 0 Å². The highest BCUT2D eigenvalue weighted by Crippen LogP contribution is 2.60. The van der Waals surface area contributed by atoms with Gasteiger partial charge in [0.15, 0.2) is 0 Å². The Morgan fingerprint density at radius 1 is 1.43 bits per heavy atom. The lowest BCUT2D eigenvalue weighted by Gasteiger charge is -1.97. The molecule has 0 radical (unpaired) electrons. The summed E-state index contributed by atoms with van der Waals surface area (Å²) in [5.74, 6) is -0.425. The van der Waals surface area contributed by atoms with E-state index in [1.807, 2.05) is 13.8 Å². The lowest BCUT2D eigenvalue weighted by Crippen LogP contribution is -2.03. The molecule has 0 bridgehead atoms. The first kappa shape index (κ1) is 11.3. The summed E-state index contributed by atoms with van der Waals surface area (Å²) >= 11 is 0. The molecular weight excluding hydrogens is 176 g/mol. The van der Waals surface area contributed by atoms with E-state index < -0.39 is 5.97 Å². The summed E-state index contributed by atoms with van der Waals surface area (Å²) in [6.45, 7) is 6.24. The zero-order valence-electron chi connectivity index (χ0n) is 9.29. The van der Waals surface area contributed by atoms with Gasteiger partial charge >= 0.3 is 5.97 Å². The Hall–Kier alpha value is -0.790. The number of unbranched alkanes of at least 4 members (excludes halogenated alkanes) is 1. The number of carboxylic acid groups (broad SMARTS) is 1. The van der Waals surface area contributed by atoms with Gasteiger partial charge in [0.1, 0.15) is 0 Å². The average Bonchev–Trinajstić information content (AvgIpc) is 2.62. The van der Waals surface area contributed by atoms with Crippen LogP contribution in [-0.4, -0.2) is 11.1 Å². The Morgan fingerprint density at radius 3 is 2.50 bits per heavy atom. The molecule has 1 fully saturated rings. The molecule has 1 rings (SSSR count). The van der Waals surface area contributed by atoms with Gasteiger partial charge in [-0.25, -0.2) is 0 Å². The maximum atomic E-state index is 10.9. The molecule has 0 aromatic heterocycles. The first-order chi connectivity index (χ1) is 6.51. The van der Waals surface area contributed by atoms with Gasteiger partial charge < -0.3 is 5.11 Å². The highest BCUT2D eigenvalue weighted by molar-refractivity contribution is 5.75. The molecule has 0 spiro atoms. The third kappa shape index (κ3) is 2.17. The van der Waals surface area contributed by atoms with E-state index in [9.17, 15) is 4.79 Å². The molecule has 80 valence electrons. The number of aliphatic carboxylic acids is 1. The topological polar surface area (TPSA) is 37.3 Å². The number of hydrogen-bond donors (Lipinski definition) is 1. The summed E-state index contributed by atoms with van der Waals surface area (Å²) in [7, 11) is 0. The first-order valence-electron chi connectivity index (χ1n) is 5.39. The fourth-order valence-electron chi connectivity index (χ4n) is 2.20. The second-order valence-corrected chi connectivity index (χ2v) is 4.74. The Kier molecular flexibility index (Phi) is 3.35. The summed E-state index contributed by atoms with van der Waals surface area (Å²) in [6, 6.07) is 0. The van der Waals surface area contributed by atoms with Crippen LogP contribution in [0, 0.1) is 17.3 Å². The smallest absolute Gasteiger partial charge is 0.307 e. The zero-order chi connectivity index (χ0) is 10.8. The van der Waals surface area contributed by atoms with Crippen molar-refractivity contribution >= 4 is 5.97 Å². The van der Waals surface area contributed by atoms with Crippen LogP contribution in [0.15, 0.2) is 12.2 Å². The molecule has 2 unspecified atom stereocenters. The second kappa shape index (κ2) is 4.16. The van der Waals surface area contributed by atoms with Crippen molar-refractivity contribution < 1.29 is 9.90 Å². The minimum absolute atomic E-state index is 0.00237. The van der Waals surface area contributed by atoms with Gasteiger partial charge in [-0.1, -0.05) is 39.3 Å². The monoisotopic (exact) mass is 196 g/mol. The number of carbonyl (C=O) groups is 1. The molecule has 0 aromatic carbocycles. The van der Waals surface area contributed by atoms with E-state index in [1.165, 1.54) is 0 Å². The van der Waals surface area contributed by atoms with E-state index >= 15 is 0 Å². The van der Waals surface area contributed by atoms with E-state index in [2.05, 4.69) is 19.1 Å². The fourth-order valence-corrected chi connectivity index (χ4v) is 2.20. The van der Waals surface area contributed by atoms with Gasteiger partial charge in [0.25, 0.3) is 0 Å². The third-order valence-electron chi connectivity index (χ3n) is 3.33. The average molecular weight is 196 g/mol. The number of hydrogen-bond acceptors (Lipinski definition) is 1. The largest absolute Gasteiger partial charge is 0.481 e. The van der Waals surface area contributed by atoms with Crippen LogP contribution in [0.5, 0.6) is 0 Å². The van der Waals surface area contributed by atoms with E-state index in [-0.39, 0.29) is 11.3 Å². The minimum atomic E-state index is -0.635. The van der Waals surface area contributed by atoms with Gasteiger partial charge in [-0.2, -0.15) is 0 Å². The molecule has 14 heavy (non-hydrogen) atoms. The standard InChI is InChI=1S/C12H20O2/c1-4-5-6-7-8-9-10(11(13)14)12(9,2)3/h6-7,9-10H,4-5,8H2,1-3H3,(H,13,14). The van der Waals surface area contributed by atoms with Gasteiger partial charge in [0, 0.05) is 0 Å². The Balaban J connectivity index is 2.37. The Labute approximate surface area is 86.0 Å². The minimum Gasteiger partial charge on any atom is -0.481 e. The van der Waals surface area contributed by atoms with Crippen LogP contribution in [0.3, 0.4) is 0 Å². The number of rotatable bonds is 5. The predicted molar refractivity (Wildman–Crippen MR) is 57.1 cm³/mol. The SMILES string of the molecule is CCCC=CCC1C(C(=O)O)C1(C)C. The summed E-state index contributed by atoms with van der Waals surface area (Å²) in [6.07, 6.45) is 7.48. The zero-order valence-corrected chi connectivity index (χ0v) is 9.29. The van der Waals surface area contributed by atoms with Crippen LogP contribution in [0.2, 0.25) is 0 Å². The first-order valence-corrected chi connectivity index (χ1v) is 5.39. The van der Waals surface area contributed by atoms with Gasteiger partial charge in [-0.3, -0.25) is 4.79 Å². The number of allylic oxidation sites excluding steroid dienone is 2. The van der Waals surface area contributed by atoms with Gasteiger partial charge in [0.05, 0.1) is 5.92 Å². The van der Waals surface area contributed by atoms with Crippen molar-refractivity contribution in [2.75, 3.05) is 0 Å². The molecule has 1 aliphatic carbocycles. The van der Waals surface area contributed by atoms with Crippen LogP contribution >= 0.6 is 0 Å². The van der Waals surface area contributed by atoms with Crippen molar-refractivity contribution in [3.05, 3.63) is 12.2 Å². The van der Waals surface area contributed by atoms with Crippen LogP contribution in [-0.2, 0) is 4.79 Å². The molecule has 0 saturated heterocycles. The fraction of sp³-hybridized carbons (Fsp3) is 0.750. The molecule has 0 amide bonds. The molecule has 0 aromatic rings. The van der Waals surface area contributed by atoms with Crippen LogP contribution in [0.25, 0.3) is 0 Å². The predicted octanol–water partition coefficient (Wildman–Crippen LogP) is 3.09. The van der Waals surface area contributed by atoms with Crippen LogP contribution in [0.4, 0.5) is 0 Å². The third-order valence-corrected chi connectivity index (χ3v) is 3.33. The van der Waals surface area contributed by atoms with Crippen molar-refractivity contribution in [2.45, 2.75) is 40.0 Å². The summed E-state index contributed by atoms with van der Waals surface area (Å²) in [4.78, 5) is 10.9. The van der Waals surface area contributed by atoms with Crippen LogP contribution in [0.1, 0.15) is 40.0 Å².